The third-order valence-electron chi connectivity index (χ3n) is 3.98. The van der Waals surface area contributed by atoms with Gasteiger partial charge in [0.2, 0.25) is 0 Å². The molecule has 0 bridgehead atoms. The zero-order chi connectivity index (χ0) is 18.0. The first-order valence-corrected chi connectivity index (χ1v) is 7.72. The number of methoxy groups -OCH3 is 1. The van der Waals surface area contributed by atoms with E-state index in [1.54, 1.807) is 36.4 Å². The summed E-state index contributed by atoms with van der Waals surface area (Å²) in [7, 11) is 1.50. The molecule has 130 valence electrons. The maximum atomic E-state index is 13.4. The van der Waals surface area contributed by atoms with Crippen molar-refractivity contribution in [3.8, 4) is 17.1 Å². The van der Waals surface area contributed by atoms with Gasteiger partial charge in [0.25, 0.3) is 0 Å². The average molecular weight is 346 g/mol. The van der Waals surface area contributed by atoms with E-state index in [0.29, 0.717) is 16.9 Å². The zero-order valence-corrected chi connectivity index (χ0v) is 13.8. The van der Waals surface area contributed by atoms with Crippen molar-refractivity contribution in [3.63, 3.8) is 0 Å². The SMILES string of the molecule is COc1ccccc1Cn1c(C(F)(F)F)cnc1-c1ccc(C)cc1. The second kappa shape index (κ2) is 6.63. The molecule has 0 saturated heterocycles. The fraction of sp³-hybridized carbons (Fsp3) is 0.211. The van der Waals surface area contributed by atoms with Crippen LogP contribution in [0.25, 0.3) is 11.4 Å². The van der Waals surface area contributed by atoms with Crippen molar-refractivity contribution < 1.29 is 17.9 Å². The van der Waals surface area contributed by atoms with Crippen molar-refractivity contribution in [1.29, 1.82) is 0 Å². The van der Waals surface area contributed by atoms with Crippen LogP contribution in [0.4, 0.5) is 13.2 Å². The van der Waals surface area contributed by atoms with E-state index in [1.165, 1.54) is 11.7 Å². The third-order valence-corrected chi connectivity index (χ3v) is 3.98. The van der Waals surface area contributed by atoms with E-state index in [2.05, 4.69) is 4.98 Å². The van der Waals surface area contributed by atoms with Gasteiger partial charge in [-0.2, -0.15) is 13.2 Å². The molecule has 0 aliphatic rings. The van der Waals surface area contributed by atoms with Crippen molar-refractivity contribution in [2.45, 2.75) is 19.6 Å². The number of alkyl halides is 3. The van der Waals surface area contributed by atoms with Crippen molar-refractivity contribution in [2.75, 3.05) is 7.11 Å². The molecule has 0 amide bonds. The lowest BCUT2D eigenvalue weighted by atomic mass is 10.1. The number of imidazole rings is 1. The van der Waals surface area contributed by atoms with Gasteiger partial charge in [0.15, 0.2) is 0 Å². The summed E-state index contributed by atoms with van der Waals surface area (Å²) < 4.78 is 46.8. The number of rotatable bonds is 4. The minimum absolute atomic E-state index is 0.0159. The number of halogens is 3. The Morgan fingerprint density at radius 3 is 2.36 bits per heavy atom. The normalized spacial score (nSPS) is 11.6. The van der Waals surface area contributed by atoms with E-state index >= 15 is 0 Å². The van der Waals surface area contributed by atoms with E-state index in [9.17, 15) is 13.2 Å². The van der Waals surface area contributed by atoms with Crippen molar-refractivity contribution >= 4 is 0 Å². The summed E-state index contributed by atoms with van der Waals surface area (Å²) in [6.45, 7) is 1.94. The molecule has 3 nitrogen and oxygen atoms in total. The number of aromatic nitrogens is 2. The van der Waals surface area contributed by atoms with Crippen molar-refractivity contribution in [2.24, 2.45) is 0 Å². The minimum Gasteiger partial charge on any atom is -0.496 e. The molecule has 25 heavy (non-hydrogen) atoms. The number of benzene rings is 2. The zero-order valence-electron chi connectivity index (χ0n) is 13.8. The number of para-hydroxylation sites is 1. The Hall–Kier alpha value is -2.76. The second-order valence-corrected chi connectivity index (χ2v) is 5.73. The smallest absolute Gasteiger partial charge is 0.433 e. The van der Waals surface area contributed by atoms with Crippen molar-refractivity contribution in [3.05, 3.63) is 71.5 Å². The molecule has 0 radical (unpaired) electrons. The van der Waals surface area contributed by atoms with E-state index in [1.807, 2.05) is 19.1 Å². The fourth-order valence-electron chi connectivity index (χ4n) is 2.70. The molecule has 3 aromatic rings. The number of nitrogens with zero attached hydrogens (tertiary/aromatic N) is 2. The minimum atomic E-state index is -4.49. The second-order valence-electron chi connectivity index (χ2n) is 5.73. The van der Waals surface area contributed by atoms with Gasteiger partial charge < -0.3 is 9.30 Å². The van der Waals surface area contributed by atoms with Gasteiger partial charge in [-0.1, -0.05) is 48.0 Å². The Kier molecular flexibility index (Phi) is 4.53. The van der Waals surface area contributed by atoms with Crippen LogP contribution in [0.5, 0.6) is 5.75 Å². The molecule has 0 unspecified atom stereocenters. The number of hydrogen-bond acceptors (Lipinski definition) is 2. The molecule has 3 rings (SSSR count). The van der Waals surface area contributed by atoms with Crippen LogP contribution in [0.2, 0.25) is 0 Å². The van der Waals surface area contributed by atoms with Crippen molar-refractivity contribution in [1.82, 2.24) is 9.55 Å². The molecule has 1 aromatic heterocycles. The standard InChI is InChI=1S/C19H17F3N2O/c1-13-7-9-14(10-8-13)18-23-11-17(19(20,21)22)24(18)12-15-5-3-4-6-16(15)25-2/h3-11H,12H2,1-2H3. The van der Waals surface area contributed by atoms with E-state index < -0.39 is 11.9 Å². The average Bonchev–Trinajstić information content (AvgIpc) is 3.00. The van der Waals surface area contributed by atoms with Crippen LogP contribution in [0.15, 0.2) is 54.7 Å². The summed E-state index contributed by atoms with van der Waals surface area (Å²) >= 11 is 0. The highest BCUT2D eigenvalue weighted by Gasteiger charge is 2.36. The first-order chi connectivity index (χ1) is 11.9. The highest BCUT2D eigenvalue weighted by molar-refractivity contribution is 5.57. The van der Waals surface area contributed by atoms with Gasteiger partial charge in [0.1, 0.15) is 17.3 Å². The molecule has 2 aromatic carbocycles. The molecular weight excluding hydrogens is 329 g/mol. The van der Waals surface area contributed by atoms with Gasteiger partial charge in [-0.3, -0.25) is 0 Å². The van der Waals surface area contributed by atoms with Gasteiger partial charge in [-0.05, 0) is 13.0 Å². The van der Waals surface area contributed by atoms with Gasteiger partial charge >= 0.3 is 6.18 Å². The summed E-state index contributed by atoms with van der Waals surface area (Å²) in [5.74, 6) is 0.817. The highest BCUT2D eigenvalue weighted by atomic mass is 19.4. The first kappa shape index (κ1) is 17.1. The molecule has 0 aliphatic carbocycles. The monoisotopic (exact) mass is 346 g/mol. The summed E-state index contributed by atoms with van der Waals surface area (Å²) in [5.41, 5.74) is 1.54. The van der Waals surface area contributed by atoms with Crippen LogP contribution >= 0.6 is 0 Å². The molecule has 0 N–H and O–H groups in total. The number of aryl methyl sites for hydroxylation is 1. The summed E-state index contributed by atoms with van der Waals surface area (Å²) in [6.07, 6.45) is -3.61. The highest BCUT2D eigenvalue weighted by Crippen LogP contribution is 2.34. The fourth-order valence-corrected chi connectivity index (χ4v) is 2.70. The van der Waals surface area contributed by atoms with Crippen LogP contribution in [0.3, 0.4) is 0 Å². The lowest BCUT2D eigenvalue weighted by Gasteiger charge is -2.16. The number of hydrogen-bond donors (Lipinski definition) is 0. The molecule has 0 atom stereocenters. The molecule has 0 spiro atoms. The summed E-state index contributed by atoms with van der Waals surface area (Å²) in [4.78, 5) is 4.04. The molecule has 0 aliphatic heterocycles. The predicted molar refractivity (Wildman–Crippen MR) is 89.5 cm³/mol. The largest absolute Gasteiger partial charge is 0.496 e. The van der Waals surface area contributed by atoms with Gasteiger partial charge in [0.05, 0.1) is 19.9 Å². The van der Waals surface area contributed by atoms with Crippen LogP contribution in [-0.2, 0) is 12.7 Å². The van der Waals surface area contributed by atoms with Crippen LogP contribution in [0.1, 0.15) is 16.8 Å². The Morgan fingerprint density at radius 1 is 1.04 bits per heavy atom. The van der Waals surface area contributed by atoms with Crippen LogP contribution in [0, 0.1) is 6.92 Å². The Bertz CT molecular complexity index is 867. The maximum absolute atomic E-state index is 13.4. The molecule has 0 fully saturated rings. The molecule has 0 saturated carbocycles. The lowest BCUT2D eigenvalue weighted by Crippen LogP contribution is -2.15. The van der Waals surface area contributed by atoms with E-state index in [4.69, 9.17) is 4.74 Å². The summed E-state index contributed by atoms with van der Waals surface area (Å²) in [6, 6.07) is 14.3. The van der Waals surface area contributed by atoms with Gasteiger partial charge in [-0.15, -0.1) is 0 Å². The summed E-state index contributed by atoms with van der Waals surface area (Å²) in [5, 5.41) is 0. The first-order valence-electron chi connectivity index (χ1n) is 7.72. The Labute approximate surface area is 143 Å². The van der Waals surface area contributed by atoms with Gasteiger partial charge in [-0.25, -0.2) is 4.98 Å². The molecule has 1 heterocycles. The van der Waals surface area contributed by atoms with Gasteiger partial charge in [0, 0.05) is 11.1 Å². The maximum Gasteiger partial charge on any atom is 0.433 e. The van der Waals surface area contributed by atoms with E-state index in [-0.39, 0.29) is 12.4 Å². The van der Waals surface area contributed by atoms with Crippen LogP contribution in [-0.4, -0.2) is 16.7 Å². The van der Waals surface area contributed by atoms with Crippen LogP contribution < -0.4 is 4.74 Å². The topological polar surface area (TPSA) is 27.1 Å². The quantitative estimate of drug-likeness (QED) is 0.669. The third kappa shape index (κ3) is 3.52. The van der Waals surface area contributed by atoms with E-state index in [0.717, 1.165) is 11.8 Å². The lowest BCUT2D eigenvalue weighted by molar-refractivity contribution is -0.143. The molecule has 6 heteroatoms. The number of ether oxygens (including phenoxy) is 1. The molecular formula is C19H17F3N2O. The predicted octanol–water partition coefficient (Wildman–Crippen LogP) is 4.93. The Balaban J connectivity index is 2.12. The Morgan fingerprint density at radius 2 is 1.72 bits per heavy atom.